The van der Waals surface area contributed by atoms with Gasteiger partial charge in [0.15, 0.2) is 0 Å². The molecule has 0 saturated carbocycles. The molecule has 1 atom stereocenters. The summed E-state index contributed by atoms with van der Waals surface area (Å²) in [6.45, 7) is 1.67. The van der Waals surface area contributed by atoms with Gasteiger partial charge in [0.25, 0.3) is 0 Å². The Balaban J connectivity index is 2.34. The lowest BCUT2D eigenvalue weighted by Gasteiger charge is -2.35. The van der Waals surface area contributed by atoms with Crippen LogP contribution >= 0.6 is 0 Å². The minimum Gasteiger partial charge on any atom is -0.314 e. The SMILES string of the molecule is Fc1ccc(C(F)(F)F)cc1[C@H](CCC(F)(F)F)N1CCNCC1. The number of alkyl halides is 6. The van der Waals surface area contributed by atoms with Crippen molar-refractivity contribution in [2.75, 3.05) is 26.2 Å². The molecule has 1 aliphatic heterocycles. The molecule has 0 unspecified atom stereocenters. The first kappa shape index (κ1) is 19.0. The maximum absolute atomic E-state index is 14.1. The highest BCUT2D eigenvalue weighted by atomic mass is 19.4. The predicted octanol–water partition coefficient (Wildman–Crippen LogP) is 4.13. The fraction of sp³-hybridized carbons (Fsp3) is 0.600. The summed E-state index contributed by atoms with van der Waals surface area (Å²) < 4.78 is 90.3. The van der Waals surface area contributed by atoms with Crippen molar-refractivity contribution in [3.63, 3.8) is 0 Å². The molecule has 9 heteroatoms. The number of nitrogens with zero attached hydrogens (tertiary/aromatic N) is 1. The Hall–Kier alpha value is -1.35. The van der Waals surface area contributed by atoms with Gasteiger partial charge in [0.1, 0.15) is 5.82 Å². The van der Waals surface area contributed by atoms with Crippen molar-refractivity contribution >= 4 is 0 Å². The van der Waals surface area contributed by atoms with E-state index >= 15 is 0 Å². The van der Waals surface area contributed by atoms with Gasteiger partial charge in [0, 0.05) is 44.2 Å². The van der Waals surface area contributed by atoms with Crippen LogP contribution in [0.5, 0.6) is 0 Å². The minimum absolute atomic E-state index is 0.337. The Morgan fingerprint density at radius 1 is 1.04 bits per heavy atom. The normalized spacial score (nSPS) is 18.6. The van der Waals surface area contributed by atoms with Gasteiger partial charge in [-0.05, 0) is 24.6 Å². The van der Waals surface area contributed by atoms with Crippen LogP contribution in [0.15, 0.2) is 18.2 Å². The average Bonchev–Trinajstić information content (AvgIpc) is 2.48. The zero-order chi connectivity index (χ0) is 18.0. The highest BCUT2D eigenvalue weighted by Gasteiger charge is 2.35. The zero-order valence-electron chi connectivity index (χ0n) is 12.6. The van der Waals surface area contributed by atoms with E-state index in [1.807, 2.05) is 0 Å². The molecule has 1 aromatic rings. The van der Waals surface area contributed by atoms with E-state index in [9.17, 15) is 30.7 Å². The summed E-state index contributed by atoms with van der Waals surface area (Å²) in [4.78, 5) is 1.60. The second-order valence-electron chi connectivity index (χ2n) is 5.69. The van der Waals surface area contributed by atoms with E-state index in [1.54, 1.807) is 4.90 Å². The van der Waals surface area contributed by atoms with Gasteiger partial charge in [-0.2, -0.15) is 26.3 Å². The smallest absolute Gasteiger partial charge is 0.314 e. The summed E-state index contributed by atoms with van der Waals surface area (Å²) in [7, 11) is 0. The van der Waals surface area contributed by atoms with E-state index in [4.69, 9.17) is 0 Å². The number of rotatable bonds is 4. The number of hydrogen-bond acceptors (Lipinski definition) is 2. The number of hydrogen-bond donors (Lipinski definition) is 1. The molecule has 2 nitrogen and oxygen atoms in total. The van der Waals surface area contributed by atoms with Gasteiger partial charge in [0.2, 0.25) is 0 Å². The summed E-state index contributed by atoms with van der Waals surface area (Å²) in [6, 6.07) is 0.840. The van der Waals surface area contributed by atoms with Crippen molar-refractivity contribution in [2.45, 2.75) is 31.2 Å². The second-order valence-corrected chi connectivity index (χ2v) is 5.69. The lowest BCUT2D eigenvalue weighted by Crippen LogP contribution is -2.45. The van der Waals surface area contributed by atoms with Gasteiger partial charge >= 0.3 is 12.4 Å². The topological polar surface area (TPSA) is 15.3 Å². The highest BCUT2D eigenvalue weighted by Crippen LogP contribution is 2.36. The lowest BCUT2D eigenvalue weighted by molar-refractivity contribution is -0.140. The Morgan fingerprint density at radius 3 is 2.21 bits per heavy atom. The Bertz CT molecular complexity index is 548. The molecule has 0 spiro atoms. The molecular formula is C15H17F7N2. The molecule has 2 rings (SSSR count). The van der Waals surface area contributed by atoms with Crippen LogP contribution in [0.1, 0.15) is 30.0 Å². The van der Waals surface area contributed by atoms with Crippen LogP contribution < -0.4 is 5.32 Å². The van der Waals surface area contributed by atoms with E-state index in [2.05, 4.69) is 5.32 Å². The summed E-state index contributed by atoms with van der Waals surface area (Å²) in [6.07, 6.45) is -10.8. The molecular weight excluding hydrogens is 341 g/mol. The third-order valence-electron chi connectivity index (χ3n) is 3.98. The van der Waals surface area contributed by atoms with Crippen LogP contribution in [0.2, 0.25) is 0 Å². The zero-order valence-corrected chi connectivity index (χ0v) is 12.6. The monoisotopic (exact) mass is 358 g/mol. The van der Waals surface area contributed by atoms with Crippen LogP contribution in [0, 0.1) is 5.82 Å². The predicted molar refractivity (Wildman–Crippen MR) is 73.9 cm³/mol. The minimum atomic E-state index is -4.68. The first-order valence-electron chi connectivity index (χ1n) is 7.46. The van der Waals surface area contributed by atoms with E-state index < -0.39 is 42.6 Å². The Labute approximate surface area is 134 Å². The van der Waals surface area contributed by atoms with Crippen molar-refractivity contribution in [3.05, 3.63) is 35.1 Å². The summed E-state index contributed by atoms with van der Waals surface area (Å²) in [5.74, 6) is -0.922. The molecule has 0 amide bonds. The molecule has 0 radical (unpaired) electrons. The van der Waals surface area contributed by atoms with Crippen molar-refractivity contribution in [1.82, 2.24) is 10.2 Å². The van der Waals surface area contributed by atoms with Gasteiger partial charge in [-0.3, -0.25) is 4.90 Å². The Kier molecular flexibility index (Phi) is 5.74. The van der Waals surface area contributed by atoms with Crippen molar-refractivity contribution in [3.8, 4) is 0 Å². The average molecular weight is 358 g/mol. The van der Waals surface area contributed by atoms with Crippen LogP contribution in [0.25, 0.3) is 0 Å². The highest BCUT2D eigenvalue weighted by molar-refractivity contribution is 5.29. The number of halogens is 7. The summed E-state index contributed by atoms with van der Waals surface area (Å²) in [5.41, 5.74) is -1.40. The van der Waals surface area contributed by atoms with Crippen LogP contribution in [-0.2, 0) is 6.18 Å². The van der Waals surface area contributed by atoms with E-state index in [-0.39, 0.29) is 5.56 Å². The fourth-order valence-electron chi connectivity index (χ4n) is 2.80. The maximum atomic E-state index is 14.1. The first-order chi connectivity index (χ1) is 11.1. The van der Waals surface area contributed by atoms with Crippen molar-refractivity contribution in [2.24, 2.45) is 0 Å². The van der Waals surface area contributed by atoms with E-state index in [0.29, 0.717) is 44.4 Å². The second kappa shape index (κ2) is 7.26. The molecule has 1 N–H and O–H groups in total. The van der Waals surface area contributed by atoms with Crippen LogP contribution in [0.4, 0.5) is 30.7 Å². The van der Waals surface area contributed by atoms with Gasteiger partial charge in [-0.15, -0.1) is 0 Å². The largest absolute Gasteiger partial charge is 0.416 e. The first-order valence-corrected chi connectivity index (χ1v) is 7.46. The molecule has 24 heavy (non-hydrogen) atoms. The molecule has 1 heterocycles. The van der Waals surface area contributed by atoms with Gasteiger partial charge < -0.3 is 5.32 Å². The lowest BCUT2D eigenvalue weighted by atomic mass is 9.96. The standard InChI is InChI=1S/C15H17F7N2/c16-12-2-1-10(15(20,21)22)9-11(12)13(3-4-14(17,18)19)24-7-5-23-6-8-24/h1-2,9,13,23H,3-8H2/t13-/m0/s1. The van der Waals surface area contributed by atoms with Gasteiger partial charge in [-0.1, -0.05) is 0 Å². The molecule has 0 bridgehead atoms. The fourth-order valence-corrected chi connectivity index (χ4v) is 2.80. The Morgan fingerprint density at radius 2 is 1.67 bits per heavy atom. The third kappa shape index (κ3) is 5.07. The number of benzene rings is 1. The van der Waals surface area contributed by atoms with E-state index in [0.717, 1.165) is 0 Å². The maximum Gasteiger partial charge on any atom is 0.416 e. The van der Waals surface area contributed by atoms with E-state index in [1.165, 1.54) is 0 Å². The molecule has 1 aliphatic rings. The molecule has 0 aliphatic carbocycles. The van der Waals surface area contributed by atoms with Crippen LogP contribution in [-0.4, -0.2) is 37.3 Å². The van der Waals surface area contributed by atoms with Crippen molar-refractivity contribution in [1.29, 1.82) is 0 Å². The van der Waals surface area contributed by atoms with Crippen molar-refractivity contribution < 1.29 is 30.7 Å². The van der Waals surface area contributed by atoms with Crippen LogP contribution in [0.3, 0.4) is 0 Å². The molecule has 136 valence electrons. The molecule has 1 fully saturated rings. The molecule has 1 aromatic carbocycles. The summed E-state index contributed by atoms with van der Waals surface area (Å²) in [5, 5.41) is 3.01. The number of nitrogens with one attached hydrogen (secondary N) is 1. The summed E-state index contributed by atoms with van der Waals surface area (Å²) >= 11 is 0. The van der Waals surface area contributed by atoms with Gasteiger partial charge in [0.05, 0.1) is 5.56 Å². The third-order valence-corrected chi connectivity index (χ3v) is 3.98. The van der Waals surface area contributed by atoms with Gasteiger partial charge in [-0.25, -0.2) is 4.39 Å². The number of piperazine rings is 1. The quantitative estimate of drug-likeness (QED) is 0.814. The molecule has 0 aromatic heterocycles. The molecule has 1 saturated heterocycles.